The molecule has 1 aromatic rings. The van der Waals surface area contributed by atoms with E-state index in [0.717, 1.165) is 31.2 Å². The van der Waals surface area contributed by atoms with E-state index in [4.69, 9.17) is 5.11 Å². The van der Waals surface area contributed by atoms with E-state index in [-0.39, 0.29) is 11.2 Å². The van der Waals surface area contributed by atoms with Crippen LogP contribution in [0.4, 0.5) is 4.39 Å². The van der Waals surface area contributed by atoms with Crippen LogP contribution in [0, 0.1) is 5.82 Å². The second kappa shape index (κ2) is 5.34. The fraction of sp³-hybridized carbons (Fsp3) is 0.400. The van der Waals surface area contributed by atoms with E-state index < -0.39 is 5.97 Å². The molecule has 1 fully saturated rings. The summed E-state index contributed by atoms with van der Waals surface area (Å²) in [7, 11) is 0. The van der Waals surface area contributed by atoms with Gasteiger partial charge in [-0.15, -0.1) is 0 Å². The molecule has 0 unspecified atom stereocenters. The van der Waals surface area contributed by atoms with E-state index in [9.17, 15) is 9.18 Å². The Morgan fingerprint density at radius 1 is 1.17 bits per heavy atom. The molecule has 18 heavy (non-hydrogen) atoms. The van der Waals surface area contributed by atoms with E-state index in [2.05, 4.69) is 0 Å². The molecule has 3 heteroatoms. The quantitative estimate of drug-likeness (QED) is 0.829. The van der Waals surface area contributed by atoms with Crippen LogP contribution in [0.2, 0.25) is 0 Å². The van der Waals surface area contributed by atoms with Gasteiger partial charge in [-0.3, -0.25) is 0 Å². The Labute approximate surface area is 106 Å². The first-order chi connectivity index (χ1) is 8.62. The summed E-state index contributed by atoms with van der Waals surface area (Å²) >= 11 is 0. The first-order valence-electron chi connectivity index (χ1n) is 6.31. The highest BCUT2D eigenvalue weighted by Gasteiger charge is 2.31. The van der Waals surface area contributed by atoms with E-state index in [0.29, 0.717) is 0 Å². The summed E-state index contributed by atoms with van der Waals surface area (Å²) in [5.41, 5.74) is 0.783. The second-order valence-electron chi connectivity index (χ2n) is 4.90. The zero-order valence-electron chi connectivity index (χ0n) is 10.2. The normalized spacial score (nSPS) is 18.9. The maximum absolute atomic E-state index is 13.0. The zero-order chi connectivity index (χ0) is 13.0. The molecule has 2 rings (SSSR count). The van der Waals surface area contributed by atoms with Crippen LogP contribution >= 0.6 is 0 Å². The molecule has 2 nitrogen and oxygen atoms in total. The molecule has 1 aliphatic carbocycles. The Bertz CT molecular complexity index is 442. The average molecular weight is 248 g/mol. The molecule has 1 N–H and O–H groups in total. The zero-order valence-corrected chi connectivity index (χ0v) is 10.2. The lowest BCUT2D eigenvalue weighted by Gasteiger charge is -2.35. The lowest BCUT2D eigenvalue weighted by molar-refractivity contribution is -0.131. The first kappa shape index (κ1) is 12.8. The summed E-state index contributed by atoms with van der Waals surface area (Å²) in [5.74, 6) is -1.19. The van der Waals surface area contributed by atoms with Gasteiger partial charge in [0.2, 0.25) is 0 Å². The number of carboxylic acids is 1. The lowest BCUT2D eigenvalue weighted by atomic mass is 9.69. The number of aliphatic carboxylic acids is 1. The SMILES string of the molecule is O=C(O)/C=C/C1(c2ccc(F)cc2)CCCCC1. The van der Waals surface area contributed by atoms with Gasteiger partial charge in [0.25, 0.3) is 0 Å². The van der Waals surface area contributed by atoms with Gasteiger partial charge in [-0.25, -0.2) is 9.18 Å². The van der Waals surface area contributed by atoms with E-state index in [1.54, 1.807) is 18.2 Å². The predicted molar refractivity (Wildman–Crippen MR) is 67.9 cm³/mol. The van der Waals surface area contributed by atoms with Gasteiger partial charge >= 0.3 is 5.97 Å². The van der Waals surface area contributed by atoms with Crippen molar-refractivity contribution in [1.29, 1.82) is 0 Å². The molecular weight excluding hydrogens is 231 g/mol. The van der Waals surface area contributed by atoms with E-state index in [1.165, 1.54) is 24.6 Å². The average Bonchev–Trinajstić information content (AvgIpc) is 2.38. The Hall–Kier alpha value is -1.64. The molecule has 0 aromatic heterocycles. The number of allylic oxidation sites excluding steroid dienone is 1. The van der Waals surface area contributed by atoms with Gasteiger partial charge in [0.05, 0.1) is 0 Å². The number of carbonyl (C=O) groups is 1. The van der Waals surface area contributed by atoms with Crippen LogP contribution in [0.5, 0.6) is 0 Å². The highest BCUT2D eigenvalue weighted by Crippen LogP contribution is 2.40. The van der Waals surface area contributed by atoms with Crippen molar-refractivity contribution in [2.24, 2.45) is 0 Å². The molecule has 0 aliphatic heterocycles. The Kier molecular flexibility index (Phi) is 3.80. The fourth-order valence-corrected chi connectivity index (χ4v) is 2.75. The van der Waals surface area contributed by atoms with Crippen LogP contribution in [0.15, 0.2) is 36.4 Å². The molecule has 0 atom stereocenters. The number of rotatable bonds is 3. The van der Waals surface area contributed by atoms with Crippen molar-refractivity contribution >= 4 is 5.97 Å². The molecule has 0 spiro atoms. The van der Waals surface area contributed by atoms with E-state index >= 15 is 0 Å². The Balaban J connectivity index is 2.34. The third-order valence-corrected chi connectivity index (χ3v) is 3.71. The van der Waals surface area contributed by atoms with Gasteiger partial charge < -0.3 is 5.11 Å². The predicted octanol–water partition coefficient (Wildman–Crippen LogP) is 3.67. The number of benzene rings is 1. The minimum absolute atomic E-state index is 0.232. The third kappa shape index (κ3) is 2.78. The van der Waals surface area contributed by atoms with Crippen molar-refractivity contribution in [3.63, 3.8) is 0 Å². The largest absolute Gasteiger partial charge is 0.478 e. The van der Waals surface area contributed by atoms with Crippen molar-refractivity contribution in [2.75, 3.05) is 0 Å². The Morgan fingerprint density at radius 2 is 1.78 bits per heavy atom. The van der Waals surface area contributed by atoms with Gasteiger partial charge in [-0.05, 0) is 30.5 Å². The summed E-state index contributed by atoms with van der Waals surface area (Å²) < 4.78 is 13.0. The molecule has 1 aliphatic rings. The molecule has 0 heterocycles. The van der Waals surface area contributed by atoms with Crippen molar-refractivity contribution in [2.45, 2.75) is 37.5 Å². The number of carboxylic acid groups (broad SMARTS) is 1. The topological polar surface area (TPSA) is 37.3 Å². The standard InChI is InChI=1S/C15H17FO2/c16-13-6-4-12(5-7-13)15(11-8-14(17)18)9-2-1-3-10-15/h4-8,11H,1-3,9-10H2,(H,17,18)/b11-8+. The third-order valence-electron chi connectivity index (χ3n) is 3.71. The van der Waals surface area contributed by atoms with Crippen LogP contribution in [0.1, 0.15) is 37.7 Å². The summed E-state index contributed by atoms with van der Waals surface area (Å²) in [6.45, 7) is 0. The van der Waals surface area contributed by atoms with Crippen LogP contribution in [0.3, 0.4) is 0 Å². The molecule has 0 bridgehead atoms. The van der Waals surface area contributed by atoms with Crippen molar-refractivity contribution < 1.29 is 14.3 Å². The molecule has 1 aromatic carbocycles. The second-order valence-corrected chi connectivity index (χ2v) is 4.90. The molecular formula is C15H17FO2. The van der Waals surface area contributed by atoms with Crippen LogP contribution in [0.25, 0.3) is 0 Å². The smallest absolute Gasteiger partial charge is 0.328 e. The van der Waals surface area contributed by atoms with Crippen molar-refractivity contribution in [3.8, 4) is 0 Å². The van der Waals surface area contributed by atoms with Gasteiger partial charge in [-0.1, -0.05) is 37.5 Å². The highest BCUT2D eigenvalue weighted by molar-refractivity contribution is 5.80. The molecule has 0 amide bonds. The van der Waals surface area contributed by atoms with Gasteiger partial charge in [0.1, 0.15) is 5.82 Å². The molecule has 1 saturated carbocycles. The monoisotopic (exact) mass is 248 g/mol. The van der Waals surface area contributed by atoms with Crippen LogP contribution in [-0.2, 0) is 10.2 Å². The first-order valence-corrected chi connectivity index (χ1v) is 6.31. The highest BCUT2D eigenvalue weighted by atomic mass is 19.1. The van der Waals surface area contributed by atoms with Gasteiger partial charge in [0.15, 0.2) is 0 Å². The van der Waals surface area contributed by atoms with Crippen LogP contribution in [-0.4, -0.2) is 11.1 Å². The summed E-state index contributed by atoms with van der Waals surface area (Å²) in [4.78, 5) is 10.7. The summed E-state index contributed by atoms with van der Waals surface area (Å²) in [5, 5.41) is 8.80. The maximum Gasteiger partial charge on any atom is 0.328 e. The lowest BCUT2D eigenvalue weighted by Crippen LogP contribution is -2.27. The maximum atomic E-state index is 13.0. The molecule has 0 saturated heterocycles. The summed E-state index contributed by atoms with van der Waals surface area (Å²) in [6, 6.07) is 6.43. The number of hydrogen-bond acceptors (Lipinski definition) is 1. The van der Waals surface area contributed by atoms with Crippen LogP contribution < -0.4 is 0 Å². The van der Waals surface area contributed by atoms with Gasteiger partial charge in [-0.2, -0.15) is 0 Å². The number of halogens is 1. The van der Waals surface area contributed by atoms with Crippen molar-refractivity contribution in [1.82, 2.24) is 0 Å². The number of hydrogen-bond donors (Lipinski definition) is 1. The Morgan fingerprint density at radius 3 is 2.33 bits per heavy atom. The van der Waals surface area contributed by atoms with E-state index in [1.807, 2.05) is 0 Å². The molecule has 0 radical (unpaired) electrons. The molecule has 96 valence electrons. The van der Waals surface area contributed by atoms with Gasteiger partial charge in [0, 0.05) is 11.5 Å². The minimum atomic E-state index is -0.929. The summed E-state index contributed by atoms with van der Waals surface area (Å²) in [6.07, 6.45) is 8.22. The fourth-order valence-electron chi connectivity index (χ4n) is 2.75. The van der Waals surface area contributed by atoms with Crippen molar-refractivity contribution in [3.05, 3.63) is 47.8 Å². The minimum Gasteiger partial charge on any atom is -0.478 e.